The molecule has 3 amide bonds. The number of aliphatic hydroxyl groups excluding tert-OH is 2. The molecule has 0 radical (unpaired) electrons. The fourth-order valence-corrected chi connectivity index (χ4v) is 10.4. The summed E-state index contributed by atoms with van der Waals surface area (Å²) in [4.78, 5) is 53.6. The van der Waals surface area contributed by atoms with Gasteiger partial charge in [0, 0.05) is 57.0 Å². The van der Waals surface area contributed by atoms with Crippen molar-refractivity contribution in [3.05, 3.63) is 132 Å². The minimum atomic E-state index is -0.489. The first-order chi connectivity index (χ1) is 31.3. The first-order valence-corrected chi connectivity index (χ1v) is 24.0. The third kappa shape index (κ3) is 13.5. The summed E-state index contributed by atoms with van der Waals surface area (Å²) in [5.41, 5.74) is 3.18. The second kappa shape index (κ2) is 22.4. The molecule has 7 aliphatic rings. The molecule has 9 atom stereocenters. The summed E-state index contributed by atoms with van der Waals surface area (Å²) in [5.74, 6) is 2.03. The summed E-state index contributed by atoms with van der Waals surface area (Å²) >= 11 is 0. The van der Waals surface area contributed by atoms with Gasteiger partial charge in [-0.15, -0.1) is 0 Å². The Kier molecular flexibility index (Phi) is 16.5. The summed E-state index contributed by atoms with van der Waals surface area (Å²) in [6, 6.07) is 31.2. The highest BCUT2D eigenvalue weighted by Gasteiger charge is 2.44. The van der Waals surface area contributed by atoms with E-state index in [1.807, 2.05) is 80.3 Å². The number of nitrogens with zero attached hydrogens (tertiary/aromatic N) is 3. The number of carbonyl (C=O) groups is 4. The average Bonchev–Trinajstić information content (AvgIpc) is 3.92. The number of amides is 3. The van der Waals surface area contributed by atoms with Gasteiger partial charge in [0.15, 0.2) is 5.78 Å². The zero-order chi connectivity index (χ0) is 45.9. The van der Waals surface area contributed by atoms with E-state index in [2.05, 4.69) is 64.8 Å². The van der Waals surface area contributed by atoms with E-state index in [1.54, 1.807) is 11.0 Å². The van der Waals surface area contributed by atoms with Crippen LogP contribution in [-0.2, 0) is 38.8 Å². The van der Waals surface area contributed by atoms with Gasteiger partial charge in [-0.05, 0) is 107 Å². The summed E-state index contributed by atoms with van der Waals surface area (Å²) in [5, 5.41) is 22.4. The lowest BCUT2D eigenvalue weighted by Gasteiger charge is -2.29. The standard InChI is InChI=1S/C14H17NO2.C14H15NO.C14H19NO.C12H19NO3/c16-13-8-4-7-12(9-13)14(17)15-10-11-5-2-1-3-6-11;16-14-12-7-4-8-13(9-12)15(14)10-11-5-2-1-3-6-11;16-14-7-6-12-8-13(14)15(10-12)9-11-4-2-1-3-5-11;1-12(2,3)16-11(15)13-7-8-4-5-10(14)9(13)6-8/h1-6,8,12-13,16H,7,9-10H2,(H,15,17);1-6,8,12-13H,7,9-10H2;1-5,12-14,16H,6-10H2;8-9H,4-7H2,1-3H3. The fourth-order valence-electron chi connectivity index (χ4n) is 10.4. The van der Waals surface area contributed by atoms with E-state index in [0.717, 1.165) is 63.1 Å². The molecule has 3 aromatic rings. The largest absolute Gasteiger partial charge is 0.444 e. The Morgan fingerprint density at radius 3 is 2.00 bits per heavy atom. The molecule has 3 aromatic carbocycles. The van der Waals surface area contributed by atoms with Crippen LogP contribution in [0.25, 0.3) is 0 Å². The Morgan fingerprint density at radius 1 is 0.723 bits per heavy atom. The van der Waals surface area contributed by atoms with Gasteiger partial charge in [0.1, 0.15) is 5.60 Å². The Balaban J connectivity index is 0.000000129. The van der Waals surface area contributed by atoms with Crippen molar-refractivity contribution < 1.29 is 34.1 Å². The molecule has 0 aromatic heterocycles. The maximum absolute atomic E-state index is 12.1. The molecule has 3 heterocycles. The molecular formula is C54H70N4O7. The van der Waals surface area contributed by atoms with Gasteiger partial charge < -0.3 is 25.2 Å². The lowest BCUT2D eigenvalue weighted by molar-refractivity contribution is -0.132. The normalized spacial score (nSPS) is 28.5. The molecule has 4 aliphatic carbocycles. The summed E-state index contributed by atoms with van der Waals surface area (Å²) < 4.78 is 5.31. The van der Waals surface area contributed by atoms with Crippen LogP contribution in [0.3, 0.4) is 0 Å². The van der Waals surface area contributed by atoms with Gasteiger partial charge in [0.05, 0.1) is 24.3 Å². The average molecular weight is 887 g/mol. The van der Waals surface area contributed by atoms with Crippen molar-refractivity contribution in [2.24, 2.45) is 23.7 Å². The SMILES string of the molecule is CC(C)(C)OC(=O)N1CC2CCC(=O)C1C2.O=C(NCc1ccccc1)C1CC=CC(O)C1.O=C1C2CC=CC(C2)N1Cc1ccccc1.OC1CCC2CC1N(Cc1ccccc1)C2. The van der Waals surface area contributed by atoms with Crippen molar-refractivity contribution in [1.82, 2.24) is 20.0 Å². The molecule has 11 heteroatoms. The maximum Gasteiger partial charge on any atom is 0.410 e. The Bertz CT molecular complexity index is 2090. The highest BCUT2D eigenvalue weighted by atomic mass is 16.6. The molecule has 3 saturated heterocycles. The van der Waals surface area contributed by atoms with E-state index < -0.39 is 11.7 Å². The number of ketones is 1. The van der Waals surface area contributed by atoms with Crippen LogP contribution in [0, 0.1) is 23.7 Å². The number of rotatable bonds is 7. The molecule has 0 spiro atoms. The molecule has 3 aliphatic heterocycles. The number of fused-ring (bicyclic) bond motifs is 6. The molecule has 6 bridgehead atoms. The van der Waals surface area contributed by atoms with E-state index >= 15 is 0 Å². The summed E-state index contributed by atoms with van der Waals surface area (Å²) in [6.07, 6.45) is 16.0. The quantitative estimate of drug-likeness (QED) is 0.203. The first kappa shape index (κ1) is 47.9. The third-order valence-corrected chi connectivity index (χ3v) is 13.8. The second-order valence-corrected chi connectivity index (χ2v) is 20.0. The van der Waals surface area contributed by atoms with E-state index in [-0.39, 0.29) is 41.8 Å². The first-order valence-electron chi connectivity index (χ1n) is 24.0. The highest BCUT2D eigenvalue weighted by Crippen LogP contribution is 2.37. The van der Waals surface area contributed by atoms with Gasteiger partial charge in [-0.1, -0.05) is 115 Å². The van der Waals surface area contributed by atoms with Gasteiger partial charge in [0.2, 0.25) is 11.8 Å². The second-order valence-electron chi connectivity index (χ2n) is 20.0. The van der Waals surface area contributed by atoms with Crippen LogP contribution < -0.4 is 5.32 Å². The molecule has 3 N–H and O–H groups in total. The van der Waals surface area contributed by atoms with Crippen LogP contribution >= 0.6 is 0 Å². The van der Waals surface area contributed by atoms with Gasteiger partial charge >= 0.3 is 6.09 Å². The number of Topliss-reactive ketones (excluding diaryl/α,β-unsaturated/α-hetero) is 1. The molecule has 348 valence electrons. The minimum Gasteiger partial charge on any atom is -0.444 e. The Labute approximate surface area is 385 Å². The monoisotopic (exact) mass is 887 g/mol. The lowest BCUT2D eigenvalue weighted by Crippen LogP contribution is -2.43. The summed E-state index contributed by atoms with van der Waals surface area (Å²) in [7, 11) is 0. The molecule has 65 heavy (non-hydrogen) atoms. The number of carbonyl (C=O) groups excluding carboxylic acids is 4. The van der Waals surface area contributed by atoms with Gasteiger partial charge in [-0.3, -0.25) is 24.2 Å². The fraction of sp³-hybridized carbons (Fsp3) is 0.519. The predicted octanol–water partition coefficient (Wildman–Crippen LogP) is 8.00. The smallest absolute Gasteiger partial charge is 0.410 e. The van der Waals surface area contributed by atoms with Crippen molar-refractivity contribution in [3.63, 3.8) is 0 Å². The van der Waals surface area contributed by atoms with Crippen LogP contribution in [0.2, 0.25) is 0 Å². The van der Waals surface area contributed by atoms with Crippen molar-refractivity contribution >= 4 is 23.7 Å². The predicted molar refractivity (Wildman–Crippen MR) is 252 cm³/mol. The van der Waals surface area contributed by atoms with Crippen LogP contribution in [0.1, 0.15) is 102 Å². The number of allylic oxidation sites excluding steroid dienone is 2. The van der Waals surface area contributed by atoms with Crippen LogP contribution in [0.4, 0.5) is 4.79 Å². The van der Waals surface area contributed by atoms with Crippen LogP contribution in [0.15, 0.2) is 115 Å². The number of aliphatic hydroxyl groups is 2. The van der Waals surface area contributed by atoms with E-state index in [4.69, 9.17) is 4.74 Å². The lowest BCUT2D eigenvalue weighted by atomic mass is 9.88. The number of likely N-dealkylation sites (tertiary alicyclic amines) is 3. The molecule has 9 unspecified atom stereocenters. The molecule has 10 rings (SSSR count). The minimum absolute atomic E-state index is 0.0252. The highest BCUT2D eigenvalue weighted by molar-refractivity contribution is 5.89. The molecular weight excluding hydrogens is 817 g/mol. The molecule has 2 saturated carbocycles. The summed E-state index contributed by atoms with van der Waals surface area (Å²) in [6.45, 7) is 9.70. The zero-order valence-electron chi connectivity index (χ0n) is 38.5. The topological polar surface area (TPSA) is 140 Å². The number of hydrogen-bond acceptors (Lipinski definition) is 8. The van der Waals surface area contributed by atoms with E-state index in [1.165, 1.54) is 30.5 Å². The van der Waals surface area contributed by atoms with Gasteiger partial charge in [-0.2, -0.15) is 0 Å². The van der Waals surface area contributed by atoms with Crippen LogP contribution in [-0.4, -0.2) is 97.6 Å². The Hall–Kier alpha value is -5.10. The van der Waals surface area contributed by atoms with Crippen molar-refractivity contribution in [2.45, 2.75) is 141 Å². The van der Waals surface area contributed by atoms with Crippen molar-refractivity contribution in [2.75, 3.05) is 13.1 Å². The zero-order valence-corrected chi connectivity index (χ0v) is 38.5. The van der Waals surface area contributed by atoms with Gasteiger partial charge in [0.25, 0.3) is 0 Å². The number of ether oxygens (including phenoxy) is 1. The van der Waals surface area contributed by atoms with E-state index in [9.17, 15) is 29.4 Å². The van der Waals surface area contributed by atoms with Crippen LogP contribution in [0.5, 0.6) is 0 Å². The third-order valence-electron chi connectivity index (χ3n) is 13.8. The molecule has 5 fully saturated rings. The van der Waals surface area contributed by atoms with E-state index in [0.29, 0.717) is 49.8 Å². The Morgan fingerprint density at radius 2 is 1.35 bits per heavy atom. The number of hydrogen-bond donors (Lipinski definition) is 3. The number of benzene rings is 3. The van der Waals surface area contributed by atoms with Crippen molar-refractivity contribution in [1.29, 1.82) is 0 Å². The maximum atomic E-state index is 12.1. The molecule has 11 nitrogen and oxygen atoms in total. The number of nitrogens with one attached hydrogen (secondary N) is 1. The van der Waals surface area contributed by atoms with Gasteiger partial charge in [-0.25, -0.2) is 4.79 Å². The van der Waals surface area contributed by atoms with Crippen molar-refractivity contribution in [3.8, 4) is 0 Å².